The first kappa shape index (κ1) is 15.5. The lowest BCUT2D eigenvalue weighted by molar-refractivity contribution is -0.142. The number of aryl methyl sites for hydroxylation is 1. The van der Waals surface area contributed by atoms with E-state index in [1.54, 1.807) is 16.2 Å². The van der Waals surface area contributed by atoms with Crippen molar-refractivity contribution >= 4 is 39.1 Å². The summed E-state index contributed by atoms with van der Waals surface area (Å²) in [7, 11) is 0. The van der Waals surface area contributed by atoms with Crippen molar-refractivity contribution in [2.24, 2.45) is 11.8 Å². The molecule has 1 saturated heterocycles. The van der Waals surface area contributed by atoms with Gasteiger partial charge in [-0.1, -0.05) is 6.92 Å². The maximum Gasteiger partial charge on any atom is 0.308 e. The minimum Gasteiger partial charge on any atom is -0.481 e. The van der Waals surface area contributed by atoms with Crippen LogP contribution in [0, 0.1) is 11.8 Å². The molecule has 0 saturated carbocycles. The third kappa shape index (κ3) is 3.82. The molecule has 2 rings (SSSR count). The molecule has 110 valence electrons. The molecule has 0 aromatic carbocycles. The number of aliphatic carboxylic acids is 1. The zero-order chi connectivity index (χ0) is 14.7. The quantitative estimate of drug-likeness (QED) is 0.878. The van der Waals surface area contributed by atoms with Gasteiger partial charge in [-0.15, -0.1) is 11.3 Å². The second-order valence-corrected chi connectivity index (χ2v) is 7.83. The topological polar surface area (TPSA) is 57.6 Å². The van der Waals surface area contributed by atoms with E-state index in [4.69, 9.17) is 5.11 Å². The van der Waals surface area contributed by atoms with Crippen molar-refractivity contribution < 1.29 is 14.7 Å². The second-order valence-electron chi connectivity index (χ2n) is 5.28. The highest BCUT2D eigenvalue weighted by atomic mass is 79.9. The van der Waals surface area contributed by atoms with E-state index in [0.29, 0.717) is 19.5 Å². The standard InChI is InChI=1S/C14H18BrNO3S/c1-9-7-16(8-11(9)14(18)19)13(17)4-2-3-10-5-6-12(15)20-10/h5-6,9,11H,2-4,7-8H2,1H3,(H,18,19)/t9-,11-/m1/s1. The Bertz CT molecular complexity index is 502. The van der Waals surface area contributed by atoms with Crippen molar-refractivity contribution in [2.75, 3.05) is 13.1 Å². The van der Waals surface area contributed by atoms with Gasteiger partial charge in [-0.05, 0) is 46.8 Å². The molecule has 1 aromatic rings. The number of carbonyl (C=O) groups is 2. The van der Waals surface area contributed by atoms with Crippen LogP contribution in [0.2, 0.25) is 0 Å². The summed E-state index contributed by atoms with van der Waals surface area (Å²) in [6, 6.07) is 4.08. The van der Waals surface area contributed by atoms with E-state index < -0.39 is 11.9 Å². The van der Waals surface area contributed by atoms with Gasteiger partial charge in [0.1, 0.15) is 0 Å². The first-order valence-corrected chi connectivity index (χ1v) is 8.33. The van der Waals surface area contributed by atoms with Crippen molar-refractivity contribution in [2.45, 2.75) is 26.2 Å². The normalized spacial score (nSPS) is 22.2. The molecular formula is C14H18BrNO3S. The Morgan fingerprint density at radius 3 is 2.75 bits per heavy atom. The van der Waals surface area contributed by atoms with Crippen LogP contribution in [-0.2, 0) is 16.0 Å². The molecule has 4 nitrogen and oxygen atoms in total. The second kappa shape index (κ2) is 6.72. The molecule has 1 amide bonds. The molecular weight excluding hydrogens is 342 g/mol. The minimum absolute atomic E-state index is 0.0460. The summed E-state index contributed by atoms with van der Waals surface area (Å²) in [6.07, 6.45) is 2.21. The van der Waals surface area contributed by atoms with Gasteiger partial charge in [-0.2, -0.15) is 0 Å². The lowest BCUT2D eigenvalue weighted by atomic mass is 9.99. The molecule has 6 heteroatoms. The number of hydrogen-bond donors (Lipinski definition) is 1. The van der Waals surface area contributed by atoms with Crippen LogP contribution in [0.15, 0.2) is 15.9 Å². The van der Waals surface area contributed by atoms with Crippen LogP contribution in [0.3, 0.4) is 0 Å². The predicted octanol–water partition coefficient (Wildman–Crippen LogP) is 3.01. The molecule has 2 atom stereocenters. The molecule has 1 aliphatic rings. The zero-order valence-corrected chi connectivity index (χ0v) is 13.7. The van der Waals surface area contributed by atoms with Crippen LogP contribution in [0.5, 0.6) is 0 Å². The Labute approximate surface area is 130 Å². The van der Waals surface area contributed by atoms with Crippen LogP contribution >= 0.6 is 27.3 Å². The lowest BCUT2D eigenvalue weighted by Gasteiger charge is -2.15. The number of carboxylic acid groups (broad SMARTS) is 1. The van der Waals surface area contributed by atoms with Gasteiger partial charge in [0.05, 0.1) is 9.70 Å². The number of rotatable bonds is 5. The number of carbonyl (C=O) groups excluding carboxylic acids is 1. The monoisotopic (exact) mass is 359 g/mol. The first-order valence-electron chi connectivity index (χ1n) is 6.72. The maximum absolute atomic E-state index is 12.1. The molecule has 20 heavy (non-hydrogen) atoms. The highest BCUT2D eigenvalue weighted by Gasteiger charge is 2.36. The third-order valence-electron chi connectivity index (χ3n) is 3.72. The molecule has 0 unspecified atom stereocenters. The van der Waals surface area contributed by atoms with Crippen molar-refractivity contribution in [3.63, 3.8) is 0 Å². The van der Waals surface area contributed by atoms with Crippen molar-refractivity contribution in [3.8, 4) is 0 Å². The maximum atomic E-state index is 12.1. The Kier molecular flexibility index (Phi) is 5.21. The fourth-order valence-corrected chi connectivity index (χ4v) is 4.07. The van der Waals surface area contributed by atoms with E-state index in [0.717, 1.165) is 16.6 Å². The van der Waals surface area contributed by atoms with E-state index >= 15 is 0 Å². The molecule has 0 radical (unpaired) electrons. The van der Waals surface area contributed by atoms with Gasteiger partial charge in [0.2, 0.25) is 5.91 Å². The first-order chi connectivity index (χ1) is 9.47. The van der Waals surface area contributed by atoms with Crippen molar-refractivity contribution in [3.05, 3.63) is 20.8 Å². The molecule has 0 bridgehead atoms. The number of thiophene rings is 1. The van der Waals surface area contributed by atoms with Gasteiger partial charge in [0.15, 0.2) is 0 Å². The summed E-state index contributed by atoms with van der Waals surface area (Å²) in [5, 5.41) is 9.07. The predicted molar refractivity (Wildman–Crippen MR) is 81.8 cm³/mol. The van der Waals surface area contributed by atoms with E-state index in [-0.39, 0.29) is 11.8 Å². The minimum atomic E-state index is -0.795. The number of amides is 1. The molecule has 1 fully saturated rings. The van der Waals surface area contributed by atoms with Crippen molar-refractivity contribution in [1.29, 1.82) is 0 Å². The number of carboxylic acids is 1. The number of halogens is 1. The van der Waals surface area contributed by atoms with Gasteiger partial charge < -0.3 is 10.0 Å². The van der Waals surface area contributed by atoms with Crippen LogP contribution in [-0.4, -0.2) is 35.0 Å². The van der Waals surface area contributed by atoms with Crippen molar-refractivity contribution in [1.82, 2.24) is 4.90 Å². The Morgan fingerprint density at radius 2 is 2.20 bits per heavy atom. The molecule has 2 heterocycles. The fraction of sp³-hybridized carbons (Fsp3) is 0.571. The van der Waals surface area contributed by atoms with E-state index in [9.17, 15) is 9.59 Å². The summed E-state index contributed by atoms with van der Waals surface area (Å²) >= 11 is 5.11. The van der Waals surface area contributed by atoms with E-state index in [1.165, 1.54) is 4.88 Å². The SMILES string of the molecule is C[C@@H]1CN(C(=O)CCCc2ccc(Br)s2)C[C@H]1C(=O)O. The van der Waals surface area contributed by atoms with Crippen LogP contribution in [0.4, 0.5) is 0 Å². The average Bonchev–Trinajstić information content (AvgIpc) is 2.95. The van der Waals surface area contributed by atoms with Gasteiger partial charge in [0, 0.05) is 24.4 Å². The lowest BCUT2D eigenvalue weighted by Crippen LogP contribution is -2.29. The van der Waals surface area contributed by atoms with Gasteiger partial charge in [-0.3, -0.25) is 9.59 Å². The summed E-state index contributed by atoms with van der Waals surface area (Å²) < 4.78 is 1.11. The van der Waals surface area contributed by atoms with E-state index in [2.05, 4.69) is 22.0 Å². The number of hydrogen-bond acceptors (Lipinski definition) is 3. The molecule has 1 aliphatic heterocycles. The van der Waals surface area contributed by atoms with Gasteiger partial charge >= 0.3 is 5.97 Å². The highest BCUT2D eigenvalue weighted by Crippen LogP contribution is 2.25. The van der Waals surface area contributed by atoms with Crippen LogP contribution < -0.4 is 0 Å². The number of nitrogens with zero attached hydrogens (tertiary/aromatic N) is 1. The van der Waals surface area contributed by atoms with Crippen LogP contribution in [0.1, 0.15) is 24.6 Å². The average molecular weight is 360 g/mol. The highest BCUT2D eigenvalue weighted by molar-refractivity contribution is 9.11. The Balaban J connectivity index is 1.77. The summed E-state index contributed by atoms with van der Waals surface area (Å²) in [5.74, 6) is -1.08. The largest absolute Gasteiger partial charge is 0.481 e. The zero-order valence-electron chi connectivity index (χ0n) is 11.3. The molecule has 1 aromatic heterocycles. The fourth-order valence-electron chi connectivity index (χ4n) is 2.55. The van der Waals surface area contributed by atoms with Gasteiger partial charge in [-0.25, -0.2) is 0 Å². The van der Waals surface area contributed by atoms with Gasteiger partial charge in [0.25, 0.3) is 0 Å². The smallest absolute Gasteiger partial charge is 0.308 e. The van der Waals surface area contributed by atoms with E-state index in [1.807, 2.05) is 13.0 Å². The molecule has 0 spiro atoms. The van der Waals surface area contributed by atoms with Crippen LogP contribution in [0.25, 0.3) is 0 Å². The third-order valence-corrected chi connectivity index (χ3v) is 5.41. The Morgan fingerprint density at radius 1 is 1.45 bits per heavy atom. The summed E-state index contributed by atoms with van der Waals surface area (Å²) in [5.41, 5.74) is 0. The molecule has 0 aliphatic carbocycles. The molecule has 1 N–H and O–H groups in total. The summed E-state index contributed by atoms with van der Waals surface area (Å²) in [6.45, 7) is 2.83. The summed E-state index contributed by atoms with van der Waals surface area (Å²) in [4.78, 5) is 26.1. The number of likely N-dealkylation sites (tertiary alicyclic amines) is 1. The Hall–Kier alpha value is -0.880.